The molecule has 132 valence electrons. The fourth-order valence-corrected chi connectivity index (χ4v) is 2.92. The molecule has 0 saturated carbocycles. The van der Waals surface area contributed by atoms with Gasteiger partial charge in [-0.1, -0.05) is 11.6 Å². The van der Waals surface area contributed by atoms with Gasteiger partial charge in [-0.3, -0.25) is 4.79 Å². The third-order valence-corrected chi connectivity index (χ3v) is 4.08. The van der Waals surface area contributed by atoms with Crippen LogP contribution in [-0.2, 0) is 0 Å². The van der Waals surface area contributed by atoms with E-state index in [9.17, 15) is 4.79 Å². The quantitative estimate of drug-likeness (QED) is 0.567. The van der Waals surface area contributed by atoms with Gasteiger partial charge in [-0.25, -0.2) is 15.0 Å². The summed E-state index contributed by atoms with van der Waals surface area (Å²) in [4.78, 5) is 29.0. The zero-order valence-corrected chi connectivity index (χ0v) is 15.3. The molecule has 8 heteroatoms. The summed E-state index contributed by atoms with van der Waals surface area (Å²) in [6, 6.07) is 3.67. The largest absolute Gasteiger partial charge is 0.347 e. The highest BCUT2D eigenvalue weighted by Gasteiger charge is 2.20. The molecule has 0 bridgehead atoms. The summed E-state index contributed by atoms with van der Waals surface area (Å²) in [7, 11) is 0. The van der Waals surface area contributed by atoms with Crippen LogP contribution < -0.4 is 5.32 Å². The summed E-state index contributed by atoms with van der Waals surface area (Å²) in [5.41, 5.74) is 3.31. The Bertz CT molecular complexity index is 1140. The monoisotopic (exact) mass is 368 g/mol. The Labute approximate surface area is 154 Å². The molecule has 0 atom stereocenters. The summed E-state index contributed by atoms with van der Waals surface area (Å²) in [6.45, 7) is 5.79. The Balaban J connectivity index is 1.82. The summed E-state index contributed by atoms with van der Waals surface area (Å²) in [6.07, 6.45) is 6.71. The average Bonchev–Trinajstić information content (AvgIpc) is 3.15. The summed E-state index contributed by atoms with van der Waals surface area (Å²) >= 11 is 6.02. The van der Waals surface area contributed by atoms with E-state index in [0.717, 1.165) is 5.52 Å². The molecule has 1 amide bonds. The molecule has 4 heterocycles. The molecule has 0 saturated heterocycles. The average molecular weight is 369 g/mol. The Morgan fingerprint density at radius 3 is 2.85 bits per heavy atom. The van der Waals surface area contributed by atoms with Gasteiger partial charge in [0.15, 0.2) is 5.65 Å². The minimum atomic E-state index is -0.342. The molecule has 4 aromatic heterocycles. The summed E-state index contributed by atoms with van der Waals surface area (Å²) in [5.74, 6) is -0.198. The van der Waals surface area contributed by atoms with E-state index in [1.165, 1.54) is 0 Å². The number of hydrogen-bond donors (Lipinski definition) is 2. The van der Waals surface area contributed by atoms with Crippen LogP contribution in [0.1, 0.15) is 31.1 Å². The second-order valence-electron chi connectivity index (χ2n) is 7.09. The Morgan fingerprint density at radius 2 is 2.08 bits per heavy atom. The number of hydrogen-bond acceptors (Lipinski definition) is 4. The van der Waals surface area contributed by atoms with Crippen molar-refractivity contribution in [2.24, 2.45) is 0 Å². The highest BCUT2D eigenvalue weighted by molar-refractivity contribution is 6.30. The number of imidazole rings is 1. The lowest BCUT2D eigenvalue weighted by Gasteiger charge is -2.19. The lowest BCUT2D eigenvalue weighted by Crippen LogP contribution is -2.40. The number of H-pyrrole nitrogens is 1. The highest BCUT2D eigenvalue weighted by Crippen LogP contribution is 2.25. The first-order valence-corrected chi connectivity index (χ1v) is 8.49. The maximum absolute atomic E-state index is 12.5. The Morgan fingerprint density at radius 1 is 1.27 bits per heavy atom. The number of nitrogens with zero attached hydrogens (tertiary/aromatic N) is 4. The molecule has 0 aliphatic heterocycles. The fraction of sp³-hybridized carbons (Fsp3) is 0.222. The predicted octanol–water partition coefficient (Wildman–Crippen LogP) is 3.45. The number of pyridine rings is 1. The van der Waals surface area contributed by atoms with E-state index in [1.807, 2.05) is 31.2 Å². The van der Waals surface area contributed by atoms with Crippen molar-refractivity contribution in [3.8, 4) is 11.4 Å². The van der Waals surface area contributed by atoms with Crippen LogP contribution in [0.5, 0.6) is 0 Å². The third kappa shape index (κ3) is 2.90. The summed E-state index contributed by atoms with van der Waals surface area (Å²) < 4.78 is 1.83. The molecule has 0 unspecified atom stereocenters. The van der Waals surface area contributed by atoms with Crippen molar-refractivity contribution in [1.82, 2.24) is 29.7 Å². The van der Waals surface area contributed by atoms with Gasteiger partial charge in [-0.05, 0) is 32.9 Å². The van der Waals surface area contributed by atoms with Crippen LogP contribution in [-0.4, -0.2) is 35.8 Å². The molecule has 4 rings (SSSR count). The third-order valence-electron chi connectivity index (χ3n) is 3.85. The highest BCUT2D eigenvalue weighted by atomic mass is 35.5. The minimum Gasteiger partial charge on any atom is -0.347 e. The van der Waals surface area contributed by atoms with Crippen LogP contribution in [0.25, 0.3) is 28.1 Å². The number of aromatic amines is 1. The molecular formula is C18H17ClN6O. The predicted molar refractivity (Wildman–Crippen MR) is 100 cm³/mol. The first-order chi connectivity index (χ1) is 12.3. The van der Waals surface area contributed by atoms with Crippen molar-refractivity contribution >= 4 is 34.2 Å². The second kappa shape index (κ2) is 5.81. The first kappa shape index (κ1) is 16.5. The number of halogens is 1. The van der Waals surface area contributed by atoms with Gasteiger partial charge in [0.25, 0.3) is 5.91 Å². The standard InChI is InChI=1S/C18H17ClN6O/c1-18(2,3)24-17(26)11-6-20-16-14(11)23-12(7-21-16)15-13-5-4-10(19)8-25(13)9-22-15/h4-9H,1-3H3,(H,20,21)(H,24,26). The van der Waals surface area contributed by atoms with Crippen LogP contribution in [0.2, 0.25) is 5.02 Å². The van der Waals surface area contributed by atoms with E-state index >= 15 is 0 Å². The molecule has 0 fully saturated rings. The molecule has 0 aliphatic carbocycles. The molecule has 0 aliphatic rings. The minimum absolute atomic E-state index is 0.198. The van der Waals surface area contributed by atoms with Crippen molar-refractivity contribution in [3.05, 3.63) is 47.6 Å². The maximum atomic E-state index is 12.5. The number of rotatable bonds is 2. The van der Waals surface area contributed by atoms with Gasteiger partial charge in [0.05, 0.1) is 22.3 Å². The number of amides is 1. The van der Waals surface area contributed by atoms with Gasteiger partial charge >= 0.3 is 0 Å². The number of nitrogens with one attached hydrogen (secondary N) is 2. The van der Waals surface area contributed by atoms with Crippen LogP contribution >= 0.6 is 11.6 Å². The van der Waals surface area contributed by atoms with E-state index in [0.29, 0.717) is 33.1 Å². The van der Waals surface area contributed by atoms with Gasteiger partial charge < -0.3 is 14.7 Å². The van der Waals surface area contributed by atoms with Crippen molar-refractivity contribution in [3.63, 3.8) is 0 Å². The van der Waals surface area contributed by atoms with Crippen LogP contribution in [0.4, 0.5) is 0 Å². The molecule has 0 radical (unpaired) electrons. The van der Waals surface area contributed by atoms with Crippen LogP contribution in [0.15, 0.2) is 37.1 Å². The number of fused-ring (bicyclic) bond motifs is 2. The van der Waals surface area contributed by atoms with Gasteiger partial charge in [0.1, 0.15) is 23.2 Å². The van der Waals surface area contributed by atoms with E-state index in [4.69, 9.17) is 11.6 Å². The molecule has 0 aromatic carbocycles. The number of carbonyl (C=O) groups excluding carboxylic acids is 1. The van der Waals surface area contributed by atoms with E-state index in [1.54, 1.807) is 31.0 Å². The summed E-state index contributed by atoms with van der Waals surface area (Å²) in [5, 5.41) is 3.56. The molecule has 26 heavy (non-hydrogen) atoms. The van der Waals surface area contributed by atoms with Gasteiger partial charge in [-0.15, -0.1) is 0 Å². The zero-order chi connectivity index (χ0) is 18.5. The SMILES string of the molecule is CC(C)(C)NC(=O)c1c[nH]c2ncc(-c3ncn4cc(Cl)ccc34)nc12. The van der Waals surface area contributed by atoms with Gasteiger partial charge in [0, 0.05) is 17.9 Å². The topological polar surface area (TPSA) is 88.0 Å². The molecule has 2 N–H and O–H groups in total. The van der Waals surface area contributed by atoms with E-state index in [-0.39, 0.29) is 11.4 Å². The van der Waals surface area contributed by atoms with Crippen molar-refractivity contribution in [2.45, 2.75) is 26.3 Å². The smallest absolute Gasteiger partial charge is 0.255 e. The normalized spacial score (nSPS) is 12.0. The van der Waals surface area contributed by atoms with Crippen molar-refractivity contribution in [2.75, 3.05) is 0 Å². The van der Waals surface area contributed by atoms with Crippen LogP contribution in [0, 0.1) is 0 Å². The maximum Gasteiger partial charge on any atom is 0.255 e. The van der Waals surface area contributed by atoms with Gasteiger partial charge in [0.2, 0.25) is 0 Å². The first-order valence-electron chi connectivity index (χ1n) is 8.11. The molecule has 0 spiro atoms. The van der Waals surface area contributed by atoms with E-state index < -0.39 is 0 Å². The number of carbonyl (C=O) groups is 1. The number of aromatic nitrogens is 5. The van der Waals surface area contributed by atoms with Gasteiger partial charge in [-0.2, -0.15) is 0 Å². The van der Waals surface area contributed by atoms with E-state index in [2.05, 4.69) is 25.3 Å². The zero-order valence-electron chi connectivity index (χ0n) is 14.5. The molecule has 7 nitrogen and oxygen atoms in total. The van der Waals surface area contributed by atoms with Crippen molar-refractivity contribution in [1.29, 1.82) is 0 Å². The lowest BCUT2D eigenvalue weighted by molar-refractivity contribution is 0.0921. The second-order valence-corrected chi connectivity index (χ2v) is 7.53. The molecular weight excluding hydrogens is 352 g/mol. The lowest BCUT2D eigenvalue weighted by atomic mass is 10.1. The van der Waals surface area contributed by atoms with Crippen molar-refractivity contribution < 1.29 is 4.79 Å². The fourth-order valence-electron chi connectivity index (χ4n) is 2.76. The molecule has 4 aromatic rings. The Kier molecular flexibility index (Phi) is 3.69. The Hall–Kier alpha value is -2.93. The van der Waals surface area contributed by atoms with Crippen LogP contribution in [0.3, 0.4) is 0 Å².